The number of halogens is 1. The molecule has 0 saturated heterocycles. The first-order chi connectivity index (χ1) is 12.5. The van der Waals surface area contributed by atoms with Gasteiger partial charge in [0, 0.05) is 11.6 Å². The Labute approximate surface area is 163 Å². The van der Waals surface area contributed by atoms with E-state index in [1.165, 1.54) is 14.2 Å². The zero-order valence-corrected chi connectivity index (χ0v) is 16.9. The number of benzene rings is 2. The summed E-state index contributed by atoms with van der Waals surface area (Å²) in [7, 11) is 6.07. The molecule has 0 atom stereocenters. The zero-order chi connectivity index (χ0) is 18.8. The summed E-state index contributed by atoms with van der Waals surface area (Å²) >= 11 is 2.09. The van der Waals surface area contributed by atoms with E-state index < -0.39 is 0 Å². The highest BCUT2D eigenvalue weighted by molar-refractivity contribution is 14.1. The first-order valence-electron chi connectivity index (χ1n) is 7.65. The molecule has 1 aromatic heterocycles. The Morgan fingerprint density at radius 2 is 1.54 bits per heavy atom. The van der Waals surface area contributed by atoms with E-state index in [1.807, 2.05) is 0 Å². The lowest BCUT2D eigenvalue weighted by atomic mass is 10.1. The van der Waals surface area contributed by atoms with Crippen molar-refractivity contribution in [3.8, 4) is 34.3 Å². The van der Waals surface area contributed by atoms with E-state index in [4.69, 9.17) is 23.4 Å². The Balaban J connectivity index is 2.40. The van der Waals surface area contributed by atoms with Crippen molar-refractivity contribution in [2.24, 2.45) is 0 Å². The van der Waals surface area contributed by atoms with Gasteiger partial charge in [0.1, 0.15) is 22.6 Å². The van der Waals surface area contributed by atoms with Crippen molar-refractivity contribution in [2.45, 2.75) is 0 Å². The maximum absolute atomic E-state index is 13.1. The van der Waals surface area contributed by atoms with Gasteiger partial charge in [-0.25, -0.2) is 0 Å². The molecule has 0 radical (unpaired) electrons. The highest BCUT2D eigenvalue weighted by Gasteiger charge is 2.23. The first kappa shape index (κ1) is 18.4. The molecule has 0 saturated carbocycles. The average molecular weight is 468 g/mol. The first-order valence-corrected chi connectivity index (χ1v) is 8.73. The van der Waals surface area contributed by atoms with E-state index in [-0.39, 0.29) is 11.2 Å². The molecule has 0 bridgehead atoms. The van der Waals surface area contributed by atoms with Crippen LogP contribution in [0.1, 0.15) is 0 Å². The van der Waals surface area contributed by atoms with E-state index in [1.54, 1.807) is 44.6 Å². The Morgan fingerprint density at radius 1 is 0.885 bits per heavy atom. The molecule has 1 heterocycles. The lowest BCUT2D eigenvalue weighted by Gasteiger charge is -2.14. The molecule has 3 aromatic rings. The molecule has 0 aliphatic carbocycles. The minimum absolute atomic E-state index is 0.113. The van der Waals surface area contributed by atoms with Crippen molar-refractivity contribution in [3.05, 3.63) is 44.1 Å². The largest absolute Gasteiger partial charge is 0.497 e. The predicted octanol–water partition coefficient (Wildman–Crippen LogP) is 4.10. The van der Waals surface area contributed by atoms with Crippen LogP contribution in [-0.4, -0.2) is 28.4 Å². The Kier molecular flexibility index (Phi) is 5.26. The van der Waals surface area contributed by atoms with Crippen LogP contribution < -0.4 is 24.4 Å². The van der Waals surface area contributed by atoms with Gasteiger partial charge in [0.25, 0.3) is 0 Å². The van der Waals surface area contributed by atoms with Crippen molar-refractivity contribution < 1.29 is 23.4 Å². The fraction of sp³-hybridized carbons (Fsp3) is 0.211. The number of hydrogen-bond donors (Lipinski definition) is 0. The number of fused-ring (bicyclic) bond motifs is 1. The van der Waals surface area contributed by atoms with E-state index in [2.05, 4.69) is 22.6 Å². The van der Waals surface area contributed by atoms with Crippen LogP contribution in [0.3, 0.4) is 0 Å². The highest BCUT2D eigenvalue weighted by atomic mass is 127. The van der Waals surface area contributed by atoms with E-state index in [9.17, 15) is 4.79 Å². The number of rotatable bonds is 5. The van der Waals surface area contributed by atoms with Crippen LogP contribution in [0, 0.1) is 3.57 Å². The van der Waals surface area contributed by atoms with Gasteiger partial charge in [-0.15, -0.1) is 0 Å². The van der Waals surface area contributed by atoms with Gasteiger partial charge in [0.2, 0.25) is 11.2 Å². The molecule has 2 aromatic carbocycles. The predicted molar refractivity (Wildman–Crippen MR) is 107 cm³/mol. The van der Waals surface area contributed by atoms with Crippen LogP contribution in [0.2, 0.25) is 0 Å². The second-order valence-corrected chi connectivity index (χ2v) is 6.40. The van der Waals surface area contributed by atoms with Crippen LogP contribution in [0.4, 0.5) is 0 Å². The summed E-state index contributed by atoms with van der Waals surface area (Å²) in [5.74, 6) is 2.08. The molecule has 6 nitrogen and oxygen atoms in total. The molecule has 0 fully saturated rings. The van der Waals surface area contributed by atoms with Crippen molar-refractivity contribution in [1.82, 2.24) is 0 Å². The van der Waals surface area contributed by atoms with Gasteiger partial charge in [-0.1, -0.05) is 0 Å². The van der Waals surface area contributed by atoms with E-state index in [0.717, 1.165) is 0 Å². The SMILES string of the molecule is COc1ccc(-c2oc3c(I)c(OC)cc(OC)c3c(=O)c2OC)cc1. The standard InChI is InChI=1S/C19H17IO6/c1-22-11-7-5-10(6-8-11)17-19(25-4)16(21)14-12(23-2)9-13(24-3)15(20)18(14)26-17/h5-9H,1-4H3. The van der Waals surface area contributed by atoms with Crippen LogP contribution in [-0.2, 0) is 0 Å². The summed E-state index contributed by atoms with van der Waals surface area (Å²) in [5.41, 5.74) is 0.773. The van der Waals surface area contributed by atoms with Gasteiger partial charge >= 0.3 is 0 Å². The van der Waals surface area contributed by atoms with Gasteiger partial charge in [0.15, 0.2) is 11.3 Å². The summed E-state index contributed by atoms with van der Waals surface area (Å²) in [6.07, 6.45) is 0. The second-order valence-electron chi connectivity index (χ2n) is 5.32. The Bertz CT molecular complexity index is 1010. The summed E-state index contributed by atoms with van der Waals surface area (Å²) in [5, 5.41) is 0.312. The number of methoxy groups -OCH3 is 4. The zero-order valence-electron chi connectivity index (χ0n) is 14.7. The molecule has 3 rings (SSSR count). The lowest BCUT2D eigenvalue weighted by molar-refractivity contribution is 0.387. The molecule has 0 N–H and O–H groups in total. The summed E-state index contributed by atoms with van der Waals surface area (Å²) in [4.78, 5) is 13.1. The lowest BCUT2D eigenvalue weighted by Crippen LogP contribution is -2.10. The fourth-order valence-electron chi connectivity index (χ4n) is 2.69. The Hall–Kier alpha value is -2.42. The van der Waals surface area contributed by atoms with E-state index >= 15 is 0 Å². The quantitative estimate of drug-likeness (QED) is 0.526. The molecule has 0 aliphatic rings. The van der Waals surface area contributed by atoms with Crippen molar-refractivity contribution in [1.29, 1.82) is 0 Å². The molecule has 0 spiro atoms. The van der Waals surface area contributed by atoms with Gasteiger partial charge in [0.05, 0.1) is 32.0 Å². The third kappa shape index (κ3) is 2.96. The van der Waals surface area contributed by atoms with Crippen LogP contribution in [0.25, 0.3) is 22.3 Å². The van der Waals surface area contributed by atoms with Crippen LogP contribution >= 0.6 is 22.6 Å². The second kappa shape index (κ2) is 7.45. The fourth-order valence-corrected chi connectivity index (χ4v) is 3.45. The van der Waals surface area contributed by atoms with Gasteiger partial charge < -0.3 is 23.4 Å². The third-order valence-electron chi connectivity index (χ3n) is 3.99. The van der Waals surface area contributed by atoms with Crippen molar-refractivity contribution in [3.63, 3.8) is 0 Å². The smallest absolute Gasteiger partial charge is 0.239 e. The van der Waals surface area contributed by atoms with Crippen molar-refractivity contribution >= 4 is 33.6 Å². The molecule has 0 amide bonds. The number of ether oxygens (including phenoxy) is 4. The van der Waals surface area contributed by atoms with Gasteiger partial charge in [-0.2, -0.15) is 0 Å². The highest BCUT2D eigenvalue weighted by Crippen LogP contribution is 2.39. The molecule has 0 unspecified atom stereocenters. The maximum Gasteiger partial charge on any atom is 0.239 e. The summed E-state index contributed by atoms with van der Waals surface area (Å²) < 4.78 is 28.1. The van der Waals surface area contributed by atoms with Crippen LogP contribution in [0.15, 0.2) is 39.5 Å². The van der Waals surface area contributed by atoms with Gasteiger partial charge in [-0.3, -0.25) is 4.79 Å². The normalized spacial score (nSPS) is 10.7. The van der Waals surface area contributed by atoms with Crippen molar-refractivity contribution in [2.75, 3.05) is 28.4 Å². The molecule has 136 valence electrons. The minimum Gasteiger partial charge on any atom is -0.497 e. The minimum atomic E-state index is -0.308. The molecule has 26 heavy (non-hydrogen) atoms. The van der Waals surface area contributed by atoms with Gasteiger partial charge in [-0.05, 0) is 46.9 Å². The van der Waals surface area contributed by atoms with E-state index in [0.29, 0.717) is 43.1 Å². The molecular weight excluding hydrogens is 451 g/mol. The maximum atomic E-state index is 13.1. The monoisotopic (exact) mass is 468 g/mol. The summed E-state index contributed by atoms with van der Waals surface area (Å²) in [6, 6.07) is 8.84. The Morgan fingerprint density at radius 3 is 2.08 bits per heavy atom. The molecule has 0 aliphatic heterocycles. The third-order valence-corrected chi connectivity index (χ3v) is 5.01. The van der Waals surface area contributed by atoms with Crippen LogP contribution in [0.5, 0.6) is 23.0 Å². The summed E-state index contributed by atoms with van der Waals surface area (Å²) in [6.45, 7) is 0. The average Bonchev–Trinajstić information content (AvgIpc) is 2.68. The molecular formula is C19H17IO6. The topological polar surface area (TPSA) is 67.1 Å². The number of hydrogen-bond acceptors (Lipinski definition) is 6. The molecule has 7 heteroatoms.